The van der Waals surface area contributed by atoms with Crippen LogP contribution in [0.15, 0.2) is 18.2 Å². The molecule has 1 aromatic carbocycles. The smallest absolute Gasteiger partial charge is 0.239 e. The minimum atomic E-state index is -0.948. The SMILES string of the molecule is NC(CO)C(=O)NCc1ccc(F)c(Cl)c1. The maximum Gasteiger partial charge on any atom is 0.239 e. The monoisotopic (exact) mass is 246 g/mol. The van der Waals surface area contributed by atoms with Gasteiger partial charge in [-0.2, -0.15) is 0 Å². The van der Waals surface area contributed by atoms with Crippen LogP contribution in [0.5, 0.6) is 0 Å². The Labute approximate surface area is 97.2 Å². The second-order valence-electron chi connectivity index (χ2n) is 3.26. The average molecular weight is 247 g/mol. The number of carbonyl (C=O) groups is 1. The molecule has 6 heteroatoms. The van der Waals surface area contributed by atoms with Gasteiger partial charge in [-0.25, -0.2) is 4.39 Å². The van der Waals surface area contributed by atoms with Gasteiger partial charge in [0.2, 0.25) is 5.91 Å². The number of carbonyl (C=O) groups excluding carboxylic acids is 1. The Balaban J connectivity index is 2.55. The van der Waals surface area contributed by atoms with Gasteiger partial charge in [-0.15, -0.1) is 0 Å². The number of hydrogen-bond acceptors (Lipinski definition) is 3. The lowest BCUT2D eigenvalue weighted by Gasteiger charge is -2.09. The molecule has 0 aliphatic carbocycles. The van der Waals surface area contributed by atoms with Crippen LogP contribution in [0.2, 0.25) is 5.02 Å². The number of hydrogen-bond donors (Lipinski definition) is 3. The van der Waals surface area contributed by atoms with Crippen molar-refractivity contribution in [1.82, 2.24) is 5.32 Å². The summed E-state index contributed by atoms with van der Waals surface area (Å²) in [5, 5.41) is 11.1. The molecule has 4 nitrogen and oxygen atoms in total. The first kappa shape index (κ1) is 12.9. The van der Waals surface area contributed by atoms with E-state index in [9.17, 15) is 9.18 Å². The normalized spacial score (nSPS) is 12.2. The van der Waals surface area contributed by atoms with Gasteiger partial charge in [0, 0.05) is 6.54 Å². The molecular weight excluding hydrogens is 235 g/mol. The molecule has 0 heterocycles. The molecule has 1 atom stereocenters. The fourth-order valence-electron chi connectivity index (χ4n) is 1.05. The van der Waals surface area contributed by atoms with E-state index in [1.54, 1.807) is 0 Å². The first-order valence-corrected chi connectivity index (χ1v) is 5.00. The van der Waals surface area contributed by atoms with E-state index in [2.05, 4.69) is 5.32 Å². The number of halogens is 2. The van der Waals surface area contributed by atoms with Crippen LogP contribution in [0, 0.1) is 5.82 Å². The van der Waals surface area contributed by atoms with E-state index in [0.29, 0.717) is 5.56 Å². The number of benzene rings is 1. The second-order valence-corrected chi connectivity index (χ2v) is 3.66. The van der Waals surface area contributed by atoms with Gasteiger partial charge >= 0.3 is 0 Å². The molecule has 0 aliphatic rings. The fraction of sp³-hybridized carbons (Fsp3) is 0.300. The van der Waals surface area contributed by atoms with Crippen LogP contribution in [0.1, 0.15) is 5.56 Å². The van der Waals surface area contributed by atoms with Crippen LogP contribution in [-0.4, -0.2) is 23.7 Å². The zero-order valence-corrected chi connectivity index (χ0v) is 9.17. The topological polar surface area (TPSA) is 75.3 Å². The van der Waals surface area contributed by atoms with Gasteiger partial charge in [-0.1, -0.05) is 17.7 Å². The molecule has 0 bridgehead atoms. The Morgan fingerprint density at radius 1 is 1.62 bits per heavy atom. The number of aliphatic hydroxyl groups excluding tert-OH is 1. The van der Waals surface area contributed by atoms with Crippen LogP contribution in [0.25, 0.3) is 0 Å². The minimum absolute atomic E-state index is 0.00166. The van der Waals surface area contributed by atoms with E-state index in [0.717, 1.165) is 0 Å². The highest BCUT2D eigenvalue weighted by atomic mass is 35.5. The first-order valence-electron chi connectivity index (χ1n) is 4.62. The summed E-state index contributed by atoms with van der Waals surface area (Å²) in [7, 11) is 0. The lowest BCUT2D eigenvalue weighted by Crippen LogP contribution is -2.42. The molecule has 0 spiro atoms. The van der Waals surface area contributed by atoms with Gasteiger partial charge in [0.25, 0.3) is 0 Å². The molecule has 1 rings (SSSR count). The Kier molecular flexibility index (Phi) is 4.67. The molecule has 0 saturated heterocycles. The maximum atomic E-state index is 12.8. The van der Waals surface area contributed by atoms with Crippen molar-refractivity contribution in [2.45, 2.75) is 12.6 Å². The molecule has 1 aromatic rings. The molecule has 1 amide bonds. The van der Waals surface area contributed by atoms with Crippen LogP contribution in [-0.2, 0) is 11.3 Å². The van der Waals surface area contributed by atoms with Crippen LogP contribution in [0.3, 0.4) is 0 Å². The predicted octanol–water partition coefficient (Wildman–Crippen LogP) is 0.415. The van der Waals surface area contributed by atoms with Crippen molar-refractivity contribution in [3.8, 4) is 0 Å². The van der Waals surface area contributed by atoms with Crippen molar-refractivity contribution in [3.05, 3.63) is 34.6 Å². The van der Waals surface area contributed by atoms with Gasteiger partial charge in [-0.05, 0) is 17.7 Å². The Morgan fingerprint density at radius 3 is 2.88 bits per heavy atom. The summed E-state index contributed by atoms with van der Waals surface area (Å²) in [6, 6.07) is 3.19. The first-order chi connectivity index (χ1) is 7.54. The van der Waals surface area contributed by atoms with Crippen molar-refractivity contribution in [2.75, 3.05) is 6.61 Å². The summed E-state index contributed by atoms with van der Waals surface area (Å²) in [4.78, 5) is 11.2. The third-order valence-electron chi connectivity index (χ3n) is 1.98. The summed E-state index contributed by atoms with van der Waals surface area (Å²) < 4.78 is 12.8. The van der Waals surface area contributed by atoms with Crippen molar-refractivity contribution >= 4 is 17.5 Å². The van der Waals surface area contributed by atoms with Gasteiger partial charge in [0.05, 0.1) is 11.6 Å². The number of nitrogens with one attached hydrogen (secondary N) is 1. The van der Waals surface area contributed by atoms with E-state index in [-0.39, 0.29) is 11.6 Å². The van der Waals surface area contributed by atoms with Crippen LogP contribution >= 0.6 is 11.6 Å². The van der Waals surface area contributed by atoms with E-state index >= 15 is 0 Å². The van der Waals surface area contributed by atoms with E-state index in [1.807, 2.05) is 0 Å². The van der Waals surface area contributed by atoms with Crippen molar-refractivity contribution in [3.63, 3.8) is 0 Å². The molecule has 0 aromatic heterocycles. The zero-order valence-electron chi connectivity index (χ0n) is 8.41. The van der Waals surface area contributed by atoms with E-state index < -0.39 is 24.4 Å². The van der Waals surface area contributed by atoms with Crippen LogP contribution < -0.4 is 11.1 Å². The largest absolute Gasteiger partial charge is 0.394 e. The Morgan fingerprint density at radius 2 is 2.31 bits per heavy atom. The lowest BCUT2D eigenvalue weighted by molar-refractivity contribution is -0.123. The summed E-state index contributed by atoms with van der Waals surface area (Å²) in [6.07, 6.45) is 0. The maximum absolute atomic E-state index is 12.8. The third kappa shape index (κ3) is 3.44. The average Bonchev–Trinajstić information content (AvgIpc) is 2.29. The van der Waals surface area contributed by atoms with Gasteiger partial charge in [0.15, 0.2) is 0 Å². The van der Waals surface area contributed by atoms with Crippen molar-refractivity contribution in [1.29, 1.82) is 0 Å². The van der Waals surface area contributed by atoms with Crippen molar-refractivity contribution < 1.29 is 14.3 Å². The molecule has 16 heavy (non-hydrogen) atoms. The summed E-state index contributed by atoms with van der Waals surface area (Å²) in [5.41, 5.74) is 5.94. The molecule has 0 radical (unpaired) electrons. The predicted molar refractivity (Wildman–Crippen MR) is 58.3 cm³/mol. The number of amides is 1. The summed E-state index contributed by atoms with van der Waals surface area (Å²) in [5.74, 6) is -0.980. The summed E-state index contributed by atoms with van der Waals surface area (Å²) >= 11 is 5.57. The molecule has 1 unspecified atom stereocenters. The molecule has 0 saturated carbocycles. The van der Waals surface area contributed by atoms with Gasteiger partial charge in [-0.3, -0.25) is 4.79 Å². The van der Waals surface area contributed by atoms with Gasteiger partial charge in [0.1, 0.15) is 11.9 Å². The molecule has 0 fully saturated rings. The zero-order chi connectivity index (χ0) is 12.1. The number of aliphatic hydroxyl groups is 1. The number of rotatable bonds is 4. The quantitative estimate of drug-likeness (QED) is 0.721. The fourth-order valence-corrected chi connectivity index (χ4v) is 1.26. The molecular formula is C10H12ClFN2O2. The lowest BCUT2D eigenvalue weighted by atomic mass is 10.2. The van der Waals surface area contributed by atoms with E-state index in [1.165, 1.54) is 18.2 Å². The van der Waals surface area contributed by atoms with Crippen LogP contribution in [0.4, 0.5) is 4.39 Å². The highest BCUT2D eigenvalue weighted by molar-refractivity contribution is 6.30. The minimum Gasteiger partial charge on any atom is -0.394 e. The van der Waals surface area contributed by atoms with E-state index in [4.69, 9.17) is 22.4 Å². The third-order valence-corrected chi connectivity index (χ3v) is 2.27. The van der Waals surface area contributed by atoms with Crippen molar-refractivity contribution in [2.24, 2.45) is 5.73 Å². The molecule has 0 aliphatic heterocycles. The number of nitrogens with two attached hydrogens (primary N) is 1. The summed E-state index contributed by atoms with van der Waals surface area (Å²) in [6.45, 7) is -0.234. The standard InChI is InChI=1S/C10H12ClFN2O2/c11-7-3-6(1-2-8(7)12)4-14-10(16)9(13)5-15/h1-3,9,15H,4-5,13H2,(H,14,16). The Hall–Kier alpha value is -1.17. The highest BCUT2D eigenvalue weighted by Gasteiger charge is 2.11. The van der Waals surface area contributed by atoms with Gasteiger partial charge < -0.3 is 16.2 Å². The highest BCUT2D eigenvalue weighted by Crippen LogP contribution is 2.15. The molecule has 4 N–H and O–H groups in total. The molecule has 88 valence electrons. The second kappa shape index (κ2) is 5.79. The Bertz CT molecular complexity index is 387.